The molecule has 41 heavy (non-hydrogen) atoms. The van der Waals surface area contributed by atoms with Crippen LogP contribution in [0.5, 0.6) is 0 Å². The van der Waals surface area contributed by atoms with Crippen LogP contribution in [0.3, 0.4) is 0 Å². The fourth-order valence-corrected chi connectivity index (χ4v) is 8.82. The molecule has 6 rings (SSSR count). The van der Waals surface area contributed by atoms with Crippen molar-refractivity contribution >= 4 is 63.5 Å². The fourth-order valence-electron chi connectivity index (χ4n) is 5.10. The molecule has 2 aliphatic rings. The van der Waals surface area contributed by atoms with Gasteiger partial charge in [-0.25, -0.2) is 4.90 Å². The van der Waals surface area contributed by atoms with E-state index in [1.807, 2.05) is 36.6 Å². The van der Waals surface area contributed by atoms with Crippen LogP contribution in [0.25, 0.3) is 0 Å². The molecular formula is C28H20F3N3O4S3. The maximum atomic E-state index is 13.8. The van der Waals surface area contributed by atoms with Crippen molar-refractivity contribution in [2.45, 2.75) is 35.8 Å². The quantitative estimate of drug-likeness (QED) is 0.290. The first-order valence-electron chi connectivity index (χ1n) is 12.4. The Bertz CT molecular complexity index is 1730. The van der Waals surface area contributed by atoms with Crippen molar-refractivity contribution < 1.29 is 27.6 Å². The first-order chi connectivity index (χ1) is 19.5. The van der Waals surface area contributed by atoms with E-state index in [-0.39, 0.29) is 11.6 Å². The van der Waals surface area contributed by atoms with E-state index >= 15 is 0 Å². The van der Waals surface area contributed by atoms with Crippen molar-refractivity contribution in [1.82, 2.24) is 4.57 Å². The number of fused-ring (bicyclic) bond motifs is 2. The monoisotopic (exact) mass is 615 g/mol. The highest BCUT2D eigenvalue weighted by Gasteiger charge is 2.57. The number of hydrogen-bond donors (Lipinski definition) is 1. The van der Waals surface area contributed by atoms with E-state index in [0.717, 1.165) is 45.7 Å². The summed E-state index contributed by atoms with van der Waals surface area (Å²) in [4.78, 5) is 55.7. The Morgan fingerprint density at radius 3 is 2.44 bits per heavy atom. The lowest BCUT2D eigenvalue weighted by atomic mass is 9.87. The van der Waals surface area contributed by atoms with Gasteiger partial charge in [0.2, 0.25) is 17.7 Å². The van der Waals surface area contributed by atoms with Gasteiger partial charge in [0, 0.05) is 21.4 Å². The van der Waals surface area contributed by atoms with Crippen LogP contribution in [0, 0.1) is 12.8 Å². The van der Waals surface area contributed by atoms with E-state index in [1.54, 1.807) is 12.1 Å². The van der Waals surface area contributed by atoms with E-state index in [9.17, 15) is 32.3 Å². The first kappa shape index (κ1) is 27.5. The number of nitrogens with zero attached hydrogens (tertiary/aromatic N) is 2. The number of aryl methyl sites for hydroxylation is 1. The van der Waals surface area contributed by atoms with Crippen LogP contribution in [0.4, 0.5) is 24.5 Å². The number of thiophene rings is 1. The number of carbonyl (C=O) groups is 3. The summed E-state index contributed by atoms with van der Waals surface area (Å²) in [6.45, 7) is 1.44. The Labute approximate surface area is 243 Å². The summed E-state index contributed by atoms with van der Waals surface area (Å²) < 4.78 is 40.6. The molecule has 13 heteroatoms. The third kappa shape index (κ3) is 4.91. The van der Waals surface area contributed by atoms with Crippen molar-refractivity contribution in [3.05, 3.63) is 96.6 Å². The third-order valence-electron chi connectivity index (χ3n) is 6.97. The molecule has 2 aromatic carbocycles. The Kier molecular flexibility index (Phi) is 6.91. The molecule has 210 valence electrons. The summed E-state index contributed by atoms with van der Waals surface area (Å²) in [5.41, 5.74) is 0.470. The van der Waals surface area contributed by atoms with Crippen LogP contribution in [-0.4, -0.2) is 27.5 Å². The van der Waals surface area contributed by atoms with Gasteiger partial charge in [-0.05, 0) is 48.7 Å². The second-order valence-electron chi connectivity index (χ2n) is 9.66. The van der Waals surface area contributed by atoms with Gasteiger partial charge in [0.1, 0.15) is 11.8 Å². The van der Waals surface area contributed by atoms with Crippen LogP contribution in [-0.2, 0) is 27.1 Å². The molecular weight excluding hydrogens is 596 g/mol. The van der Waals surface area contributed by atoms with Gasteiger partial charge < -0.3 is 5.32 Å². The van der Waals surface area contributed by atoms with Crippen molar-refractivity contribution in [3.63, 3.8) is 0 Å². The summed E-state index contributed by atoms with van der Waals surface area (Å²) in [6.07, 6.45) is -4.58. The van der Waals surface area contributed by atoms with Gasteiger partial charge in [0.25, 0.3) is 0 Å². The summed E-state index contributed by atoms with van der Waals surface area (Å²) >= 11 is 3.40. The molecule has 4 heterocycles. The average molecular weight is 616 g/mol. The van der Waals surface area contributed by atoms with Crippen LogP contribution in [0.15, 0.2) is 75.9 Å². The molecule has 7 nitrogen and oxygen atoms in total. The second-order valence-corrected chi connectivity index (χ2v) is 12.8. The van der Waals surface area contributed by atoms with E-state index in [2.05, 4.69) is 5.32 Å². The van der Waals surface area contributed by atoms with E-state index in [4.69, 9.17) is 0 Å². The topological polar surface area (TPSA) is 88.5 Å². The number of benzene rings is 2. The number of alkyl halides is 3. The van der Waals surface area contributed by atoms with Gasteiger partial charge in [0.05, 0.1) is 22.2 Å². The van der Waals surface area contributed by atoms with Crippen molar-refractivity contribution in [2.24, 2.45) is 5.92 Å². The van der Waals surface area contributed by atoms with Crippen LogP contribution in [0.2, 0.25) is 0 Å². The summed E-state index contributed by atoms with van der Waals surface area (Å²) in [6, 6.07) is 15.0. The van der Waals surface area contributed by atoms with Gasteiger partial charge in [-0.15, -0.1) is 11.3 Å². The minimum atomic E-state index is -4.58. The Balaban J connectivity index is 1.35. The summed E-state index contributed by atoms with van der Waals surface area (Å²) in [5.74, 6) is -2.76. The lowest BCUT2D eigenvalue weighted by molar-refractivity contribution is -0.137. The summed E-state index contributed by atoms with van der Waals surface area (Å²) in [7, 11) is 0. The van der Waals surface area contributed by atoms with Crippen LogP contribution < -0.4 is 15.1 Å². The number of imide groups is 1. The number of rotatable bonds is 5. The zero-order valence-electron chi connectivity index (χ0n) is 21.2. The molecule has 4 aromatic rings. The van der Waals surface area contributed by atoms with Gasteiger partial charge in [-0.1, -0.05) is 52.9 Å². The number of amides is 3. The zero-order valence-corrected chi connectivity index (χ0v) is 23.6. The van der Waals surface area contributed by atoms with E-state index in [0.29, 0.717) is 15.6 Å². The average Bonchev–Trinajstić information content (AvgIpc) is 3.62. The fraction of sp³-hybridized carbons (Fsp3) is 0.214. The SMILES string of the molecule is Cc1ccc(N2C(=O)C3Sc4c(sc(=O)n4CC(=O)Nc4cccc(C(F)(F)F)c4)C(c4cccs4)C3C2=O)cc1. The predicted octanol–water partition coefficient (Wildman–Crippen LogP) is 5.73. The van der Waals surface area contributed by atoms with Crippen molar-refractivity contribution in [2.75, 3.05) is 10.2 Å². The number of thioether (sulfide) groups is 1. The molecule has 0 aliphatic carbocycles. The second kappa shape index (κ2) is 10.3. The van der Waals surface area contributed by atoms with Crippen LogP contribution in [0.1, 0.15) is 26.8 Å². The number of aromatic nitrogens is 1. The number of halogens is 3. The normalized spacial score (nSPS) is 20.2. The first-order valence-corrected chi connectivity index (χ1v) is 15.0. The maximum absolute atomic E-state index is 13.8. The molecule has 0 bridgehead atoms. The molecule has 0 spiro atoms. The van der Waals surface area contributed by atoms with Crippen molar-refractivity contribution in [1.29, 1.82) is 0 Å². The lowest BCUT2D eigenvalue weighted by Gasteiger charge is -2.29. The molecule has 0 radical (unpaired) electrons. The maximum Gasteiger partial charge on any atom is 0.416 e. The molecule has 2 aromatic heterocycles. The largest absolute Gasteiger partial charge is 0.416 e. The number of thiazole rings is 1. The highest BCUT2D eigenvalue weighted by molar-refractivity contribution is 8.00. The zero-order chi connectivity index (χ0) is 29.1. The van der Waals surface area contributed by atoms with E-state index in [1.165, 1.54) is 32.9 Å². The highest BCUT2D eigenvalue weighted by Crippen LogP contribution is 2.54. The smallest absolute Gasteiger partial charge is 0.325 e. The van der Waals surface area contributed by atoms with Crippen LogP contribution >= 0.6 is 34.4 Å². The van der Waals surface area contributed by atoms with Gasteiger partial charge in [-0.3, -0.25) is 23.7 Å². The van der Waals surface area contributed by atoms with Crippen molar-refractivity contribution in [3.8, 4) is 0 Å². The number of carbonyl (C=O) groups excluding carboxylic acids is 3. The molecule has 2 aliphatic heterocycles. The van der Waals surface area contributed by atoms with Gasteiger partial charge >= 0.3 is 11.0 Å². The summed E-state index contributed by atoms with van der Waals surface area (Å²) in [5, 5.41) is 3.87. The minimum Gasteiger partial charge on any atom is -0.325 e. The van der Waals surface area contributed by atoms with Gasteiger partial charge in [-0.2, -0.15) is 13.2 Å². The lowest BCUT2D eigenvalue weighted by Crippen LogP contribution is -2.32. The molecule has 3 atom stereocenters. The molecule has 1 saturated heterocycles. The third-order valence-corrected chi connectivity index (χ3v) is 10.5. The Morgan fingerprint density at radius 1 is 1.00 bits per heavy atom. The molecule has 3 amide bonds. The number of hydrogen-bond acceptors (Lipinski definition) is 7. The number of nitrogens with one attached hydrogen (secondary N) is 1. The predicted molar refractivity (Wildman–Crippen MR) is 152 cm³/mol. The minimum absolute atomic E-state index is 0.0588. The molecule has 0 saturated carbocycles. The number of anilines is 2. The molecule has 1 N–H and O–H groups in total. The van der Waals surface area contributed by atoms with E-state index < -0.39 is 52.1 Å². The molecule has 1 fully saturated rings. The Hall–Kier alpha value is -3.68. The standard InChI is InChI=1S/C28H20F3N3O4S3/c1-14-7-9-17(10-8-14)34-24(36)21-20(18-6-3-11-39-18)23-26(40-22(21)25(34)37)33(27(38)41-23)13-19(35)32-16-5-2-4-15(12-16)28(29,30)31/h2-12,20-22H,13H2,1H3,(H,32,35). The molecule has 3 unspecified atom stereocenters. The highest BCUT2D eigenvalue weighted by atomic mass is 32.2. The Morgan fingerprint density at radius 2 is 1.76 bits per heavy atom. The van der Waals surface area contributed by atoms with Gasteiger partial charge in [0.15, 0.2) is 0 Å².